The molecule has 0 unspecified atom stereocenters. The predicted molar refractivity (Wildman–Crippen MR) is 51.7 cm³/mol. The van der Waals surface area contributed by atoms with Gasteiger partial charge in [-0.05, 0) is 23.7 Å². The van der Waals surface area contributed by atoms with Gasteiger partial charge in [0.1, 0.15) is 10.6 Å². The fourth-order valence-electron chi connectivity index (χ4n) is 0.928. The van der Waals surface area contributed by atoms with Gasteiger partial charge in [-0.3, -0.25) is 4.79 Å². The number of hydrogen-bond donors (Lipinski definition) is 1. The average molecular weight is 206 g/mol. The zero-order valence-electron chi connectivity index (χ0n) is 7.04. The largest absolute Gasteiger partial charge is 0.365 e. The number of rotatable bonds is 2. The van der Waals surface area contributed by atoms with Crippen LogP contribution in [0.1, 0.15) is 9.67 Å². The average Bonchev–Trinajstić information content (AvgIpc) is 2.68. The number of amides is 1. The van der Waals surface area contributed by atoms with Gasteiger partial charge in [0, 0.05) is 12.4 Å². The SMILES string of the molecule is NC(=O)c1cc(-c2ncccn2)ns1. The Kier molecular flexibility index (Phi) is 2.19. The maximum Gasteiger partial charge on any atom is 0.260 e. The molecule has 0 radical (unpaired) electrons. The van der Waals surface area contributed by atoms with Crippen molar-refractivity contribution in [1.29, 1.82) is 0 Å². The van der Waals surface area contributed by atoms with Gasteiger partial charge >= 0.3 is 0 Å². The lowest BCUT2D eigenvalue weighted by Gasteiger charge is -1.90. The highest BCUT2D eigenvalue weighted by Gasteiger charge is 2.09. The van der Waals surface area contributed by atoms with Crippen molar-refractivity contribution in [3.05, 3.63) is 29.4 Å². The van der Waals surface area contributed by atoms with Crippen molar-refractivity contribution in [2.24, 2.45) is 5.73 Å². The van der Waals surface area contributed by atoms with E-state index in [0.29, 0.717) is 16.4 Å². The summed E-state index contributed by atoms with van der Waals surface area (Å²) < 4.78 is 4.02. The highest BCUT2D eigenvalue weighted by molar-refractivity contribution is 7.08. The van der Waals surface area contributed by atoms with Crippen molar-refractivity contribution in [3.8, 4) is 11.5 Å². The Labute approximate surface area is 83.8 Å². The number of hydrogen-bond acceptors (Lipinski definition) is 5. The van der Waals surface area contributed by atoms with Crippen LogP contribution in [0.2, 0.25) is 0 Å². The topological polar surface area (TPSA) is 81.8 Å². The molecule has 2 aromatic heterocycles. The van der Waals surface area contributed by atoms with Crippen molar-refractivity contribution in [3.63, 3.8) is 0 Å². The van der Waals surface area contributed by atoms with Crippen molar-refractivity contribution < 1.29 is 4.79 Å². The molecule has 0 aromatic carbocycles. The van der Waals surface area contributed by atoms with Crippen LogP contribution in [-0.2, 0) is 0 Å². The Balaban J connectivity index is 2.39. The second-order valence-corrected chi connectivity index (χ2v) is 3.32. The third-order valence-electron chi connectivity index (χ3n) is 1.55. The summed E-state index contributed by atoms with van der Waals surface area (Å²) in [6.07, 6.45) is 3.23. The molecule has 0 fully saturated rings. The molecule has 70 valence electrons. The minimum absolute atomic E-state index is 0.410. The molecule has 2 rings (SSSR count). The normalized spacial score (nSPS) is 10.0. The van der Waals surface area contributed by atoms with Gasteiger partial charge in [0.05, 0.1) is 0 Å². The van der Waals surface area contributed by atoms with E-state index in [-0.39, 0.29) is 0 Å². The molecule has 14 heavy (non-hydrogen) atoms. The molecule has 0 atom stereocenters. The Morgan fingerprint density at radius 2 is 2.07 bits per heavy atom. The summed E-state index contributed by atoms with van der Waals surface area (Å²) in [5.74, 6) is 0.0148. The van der Waals surface area contributed by atoms with Crippen molar-refractivity contribution >= 4 is 17.4 Å². The summed E-state index contributed by atoms with van der Waals surface area (Å²) in [6, 6.07) is 3.30. The zero-order chi connectivity index (χ0) is 9.97. The molecule has 2 heterocycles. The van der Waals surface area contributed by atoms with Crippen LogP contribution < -0.4 is 5.73 Å². The first-order valence-corrected chi connectivity index (χ1v) is 4.58. The molecule has 1 amide bonds. The molecule has 5 nitrogen and oxygen atoms in total. The standard InChI is InChI=1S/C8H6N4OS/c9-7(13)6-4-5(12-14-6)8-10-2-1-3-11-8/h1-4H,(H2,9,13). The van der Waals surface area contributed by atoms with Gasteiger partial charge in [0.25, 0.3) is 5.91 Å². The van der Waals surface area contributed by atoms with Crippen molar-refractivity contribution in [1.82, 2.24) is 14.3 Å². The van der Waals surface area contributed by atoms with Crippen molar-refractivity contribution in [2.75, 3.05) is 0 Å². The number of nitrogens with zero attached hydrogens (tertiary/aromatic N) is 3. The van der Waals surface area contributed by atoms with E-state index in [1.165, 1.54) is 0 Å². The van der Waals surface area contributed by atoms with Crippen LogP contribution in [0.5, 0.6) is 0 Å². The molecule has 0 bridgehead atoms. The predicted octanol–water partition coefficient (Wildman–Crippen LogP) is 0.699. The van der Waals surface area contributed by atoms with E-state index >= 15 is 0 Å². The van der Waals surface area contributed by atoms with E-state index in [0.717, 1.165) is 11.5 Å². The van der Waals surface area contributed by atoms with Crippen LogP contribution in [0, 0.1) is 0 Å². The smallest absolute Gasteiger partial charge is 0.260 e. The molecular weight excluding hydrogens is 200 g/mol. The van der Waals surface area contributed by atoms with Crippen LogP contribution in [0.15, 0.2) is 24.5 Å². The molecule has 6 heteroatoms. The van der Waals surface area contributed by atoms with Crippen LogP contribution in [0.25, 0.3) is 11.5 Å². The molecule has 0 saturated carbocycles. The van der Waals surface area contributed by atoms with Gasteiger partial charge in [-0.25, -0.2) is 9.97 Å². The van der Waals surface area contributed by atoms with Crippen LogP contribution in [0.4, 0.5) is 0 Å². The Morgan fingerprint density at radius 1 is 1.36 bits per heavy atom. The maximum atomic E-state index is 10.8. The number of carbonyl (C=O) groups excluding carboxylic acids is 1. The molecule has 0 spiro atoms. The molecule has 2 aromatic rings. The molecular formula is C8H6N4OS. The number of primary amides is 1. The minimum atomic E-state index is -0.482. The van der Waals surface area contributed by atoms with E-state index in [9.17, 15) is 4.79 Å². The van der Waals surface area contributed by atoms with Crippen molar-refractivity contribution in [2.45, 2.75) is 0 Å². The van der Waals surface area contributed by atoms with Crippen LogP contribution >= 0.6 is 11.5 Å². The number of carbonyl (C=O) groups is 1. The van der Waals surface area contributed by atoms with Crippen LogP contribution in [0.3, 0.4) is 0 Å². The monoisotopic (exact) mass is 206 g/mol. The molecule has 2 N–H and O–H groups in total. The Bertz CT molecular complexity index is 453. The highest BCUT2D eigenvalue weighted by atomic mass is 32.1. The summed E-state index contributed by atoms with van der Waals surface area (Å²) >= 11 is 1.05. The summed E-state index contributed by atoms with van der Waals surface area (Å²) in [4.78, 5) is 19.2. The number of nitrogens with two attached hydrogens (primary N) is 1. The first kappa shape index (κ1) is 8.76. The van der Waals surface area contributed by atoms with Gasteiger partial charge in [-0.1, -0.05) is 0 Å². The minimum Gasteiger partial charge on any atom is -0.365 e. The van der Waals surface area contributed by atoms with Gasteiger partial charge in [0.15, 0.2) is 5.82 Å². The van der Waals surface area contributed by atoms with E-state index in [2.05, 4.69) is 14.3 Å². The second kappa shape index (κ2) is 3.51. The summed E-state index contributed by atoms with van der Waals surface area (Å²) in [5.41, 5.74) is 5.67. The first-order valence-electron chi connectivity index (χ1n) is 3.81. The van der Waals surface area contributed by atoms with Gasteiger partial charge in [-0.15, -0.1) is 0 Å². The summed E-state index contributed by atoms with van der Waals surface area (Å²) in [7, 11) is 0. The van der Waals surface area contributed by atoms with Gasteiger partial charge in [-0.2, -0.15) is 4.37 Å². The maximum absolute atomic E-state index is 10.8. The fraction of sp³-hybridized carbons (Fsp3) is 0. The van der Waals surface area contributed by atoms with Crippen LogP contribution in [-0.4, -0.2) is 20.2 Å². The molecule has 0 aliphatic heterocycles. The third kappa shape index (κ3) is 1.60. The lowest BCUT2D eigenvalue weighted by atomic mass is 10.3. The Hall–Kier alpha value is -1.82. The van der Waals surface area contributed by atoms with E-state index < -0.39 is 5.91 Å². The summed E-state index contributed by atoms with van der Waals surface area (Å²) in [5, 5.41) is 0. The van der Waals surface area contributed by atoms with E-state index in [1.54, 1.807) is 24.5 Å². The quantitative estimate of drug-likeness (QED) is 0.784. The summed E-state index contributed by atoms with van der Waals surface area (Å²) in [6.45, 7) is 0. The van der Waals surface area contributed by atoms with E-state index in [1.807, 2.05) is 0 Å². The third-order valence-corrected chi connectivity index (χ3v) is 2.35. The number of aromatic nitrogens is 3. The van der Waals surface area contributed by atoms with Gasteiger partial charge in [0.2, 0.25) is 0 Å². The lowest BCUT2D eigenvalue weighted by molar-refractivity contribution is 0.100. The zero-order valence-corrected chi connectivity index (χ0v) is 7.86. The molecule has 0 aliphatic rings. The molecule has 0 aliphatic carbocycles. The highest BCUT2D eigenvalue weighted by Crippen LogP contribution is 2.17. The second-order valence-electron chi connectivity index (χ2n) is 2.51. The Morgan fingerprint density at radius 3 is 2.64 bits per heavy atom. The lowest BCUT2D eigenvalue weighted by Crippen LogP contribution is -2.08. The fourth-order valence-corrected chi connectivity index (χ4v) is 1.51. The van der Waals surface area contributed by atoms with Gasteiger partial charge < -0.3 is 5.73 Å². The molecule has 0 saturated heterocycles. The first-order chi connectivity index (χ1) is 6.77. The van der Waals surface area contributed by atoms with E-state index in [4.69, 9.17) is 5.73 Å².